The molecule has 4 rings (SSSR count). The second-order valence-corrected chi connectivity index (χ2v) is 9.68. The number of likely N-dealkylation sites (N-methyl/N-ethyl adjacent to an activating group) is 2. The lowest BCUT2D eigenvalue weighted by Gasteiger charge is -2.34. The number of carbonyl (C=O) groups is 2. The molecule has 12 heteroatoms. The van der Waals surface area contributed by atoms with Crippen LogP contribution in [0.3, 0.4) is 0 Å². The fourth-order valence-electron chi connectivity index (χ4n) is 4.39. The van der Waals surface area contributed by atoms with Crippen LogP contribution in [0.15, 0.2) is 21.2 Å². The maximum atomic E-state index is 12.7. The van der Waals surface area contributed by atoms with E-state index in [9.17, 15) is 9.59 Å². The van der Waals surface area contributed by atoms with Gasteiger partial charge in [-0.25, -0.2) is 9.59 Å². The number of rotatable bonds is 8. The Morgan fingerprint density at radius 2 is 1.22 bits per heavy atom. The van der Waals surface area contributed by atoms with Crippen molar-refractivity contribution in [1.82, 2.24) is 20.3 Å². The zero-order valence-corrected chi connectivity index (χ0v) is 21.4. The molecule has 36 heavy (non-hydrogen) atoms. The molecule has 2 aromatic heterocycles. The van der Waals surface area contributed by atoms with Gasteiger partial charge in [0.1, 0.15) is 40.3 Å². The van der Waals surface area contributed by atoms with E-state index in [4.69, 9.17) is 18.7 Å². The first-order valence-electron chi connectivity index (χ1n) is 12.4. The third kappa shape index (κ3) is 6.05. The second kappa shape index (κ2) is 10.7. The van der Waals surface area contributed by atoms with E-state index in [1.54, 1.807) is 14.1 Å². The molecular formula is C24H34N6O6+2. The van der Waals surface area contributed by atoms with Gasteiger partial charge in [0.25, 0.3) is 11.8 Å². The minimum atomic E-state index is -1.05. The third-order valence-electron chi connectivity index (χ3n) is 6.20. The second-order valence-electron chi connectivity index (χ2n) is 9.68. The van der Waals surface area contributed by atoms with Gasteiger partial charge in [0.05, 0.1) is 11.1 Å². The molecule has 2 aliphatic heterocycles. The Kier molecular flexibility index (Phi) is 7.65. The normalized spacial score (nSPS) is 24.1. The van der Waals surface area contributed by atoms with E-state index in [1.807, 2.05) is 26.0 Å². The summed E-state index contributed by atoms with van der Waals surface area (Å²) in [4.78, 5) is 45.5. The lowest BCUT2D eigenvalue weighted by molar-refractivity contribution is -1.07. The molecule has 0 aromatic carbocycles. The fourth-order valence-corrected chi connectivity index (χ4v) is 4.39. The van der Waals surface area contributed by atoms with Crippen LogP contribution in [0.25, 0.3) is 11.1 Å². The maximum Gasteiger partial charge on any atom is 0.480 e. The maximum absolute atomic E-state index is 12.7. The van der Waals surface area contributed by atoms with Gasteiger partial charge in [-0.1, -0.05) is 36.3 Å². The van der Waals surface area contributed by atoms with Crippen LogP contribution in [0.2, 0.25) is 0 Å². The van der Waals surface area contributed by atoms with Crippen LogP contribution in [-0.2, 0) is 32.1 Å². The number of carbonyl (C=O) groups excluding carboxylic acids is 2. The summed E-state index contributed by atoms with van der Waals surface area (Å²) >= 11 is 0. The summed E-state index contributed by atoms with van der Waals surface area (Å²) < 4.78 is 10.5. The summed E-state index contributed by atoms with van der Waals surface area (Å²) in [5.41, 5.74) is 1.57. The van der Waals surface area contributed by atoms with Gasteiger partial charge in [-0.15, -0.1) is 9.29 Å². The van der Waals surface area contributed by atoms with E-state index in [0.717, 1.165) is 36.8 Å². The summed E-state index contributed by atoms with van der Waals surface area (Å²) in [6, 6.07) is 0. The van der Waals surface area contributed by atoms with Crippen molar-refractivity contribution in [1.29, 1.82) is 0 Å². The Morgan fingerprint density at radius 1 is 0.806 bits per heavy atom. The summed E-state index contributed by atoms with van der Waals surface area (Å²) in [6.45, 7) is 5.72. The predicted molar refractivity (Wildman–Crippen MR) is 126 cm³/mol. The van der Waals surface area contributed by atoms with E-state index in [2.05, 4.69) is 20.3 Å². The highest BCUT2D eigenvalue weighted by Gasteiger charge is 2.41. The summed E-state index contributed by atoms with van der Waals surface area (Å²) in [5, 5.41) is 7.98. The Labute approximate surface area is 209 Å². The molecule has 0 bridgehead atoms. The van der Waals surface area contributed by atoms with Gasteiger partial charge in [0.15, 0.2) is 11.6 Å². The van der Waals surface area contributed by atoms with Crippen molar-refractivity contribution < 1.29 is 37.6 Å². The minimum Gasteiger partial charge on any atom is -0.334 e. The Bertz CT molecular complexity index is 1080. The standard InChI is InChI=1S/C24H34N6O6/c1-5-9-19-25-21(33-27-19)17-11-7-13-29(3,15-17)35-23(31)24(32)36-30(4)14-8-12-18(16-30)22-26-20(10-6-2)28-34-22/h11-12H,5-10,13-16H2,1-4H3/q+2. The number of aromatic nitrogens is 4. The molecule has 0 saturated carbocycles. The largest absolute Gasteiger partial charge is 0.480 e. The van der Waals surface area contributed by atoms with Crippen LogP contribution < -0.4 is 0 Å². The van der Waals surface area contributed by atoms with Crippen molar-refractivity contribution in [3.8, 4) is 0 Å². The number of aryl methyl sites for hydroxylation is 2. The summed E-state index contributed by atoms with van der Waals surface area (Å²) in [6.07, 6.45) is 8.52. The lowest BCUT2D eigenvalue weighted by atomic mass is 10.1. The van der Waals surface area contributed by atoms with Crippen molar-refractivity contribution in [2.75, 3.05) is 40.3 Å². The van der Waals surface area contributed by atoms with Gasteiger partial charge < -0.3 is 9.05 Å². The molecule has 2 unspecified atom stereocenters. The lowest BCUT2D eigenvalue weighted by Crippen LogP contribution is -2.53. The molecule has 0 radical (unpaired) electrons. The average Bonchev–Trinajstić information content (AvgIpc) is 3.49. The molecule has 2 aromatic rings. The number of hydrogen-bond donors (Lipinski definition) is 0. The van der Waals surface area contributed by atoms with Crippen molar-refractivity contribution in [3.63, 3.8) is 0 Å². The molecule has 194 valence electrons. The monoisotopic (exact) mass is 502 g/mol. The van der Waals surface area contributed by atoms with Gasteiger partial charge >= 0.3 is 11.9 Å². The SMILES string of the molecule is CCCc1noc(C2=CCC[N+](C)(OC(=O)C(=O)O[N+]3(C)CCC=C(c4nc(CCC)no4)C3)C2)n1. The molecule has 4 heterocycles. The highest BCUT2D eigenvalue weighted by Crippen LogP contribution is 2.26. The highest BCUT2D eigenvalue weighted by molar-refractivity contribution is 6.29. The molecule has 2 aliphatic rings. The van der Waals surface area contributed by atoms with Crippen molar-refractivity contribution >= 4 is 23.1 Å². The van der Waals surface area contributed by atoms with Gasteiger partial charge in [0.2, 0.25) is 0 Å². The van der Waals surface area contributed by atoms with E-state index < -0.39 is 11.9 Å². The molecular weight excluding hydrogens is 468 g/mol. The Morgan fingerprint density at radius 3 is 1.61 bits per heavy atom. The predicted octanol–water partition coefficient (Wildman–Crippen LogP) is 2.44. The van der Waals surface area contributed by atoms with Crippen molar-refractivity contribution in [3.05, 3.63) is 35.6 Å². The number of hydroxylamine groups is 6. The molecule has 0 aliphatic carbocycles. The van der Waals surface area contributed by atoms with Crippen LogP contribution in [0.5, 0.6) is 0 Å². The van der Waals surface area contributed by atoms with Crippen molar-refractivity contribution in [2.24, 2.45) is 0 Å². The number of nitrogens with zero attached hydrogens (tertiary/aromatic N) is 6. The van der Waals surface area contributed by atoms with E-state index in [0.29, 0.717) is 62.5 Å². The first-order valence-corrected chi connectivity index (χ1v) is 12.4. The minimum absolute atomic E-state index is 0.123. The van der Waals surface area contributed by atoms with E-state index in [-0.39, 0.29) is 9.29 Å². The Balaban J connectivity index is 1.35. The zero-order valence-electron chi connectivity index (χ0n) is 21.4. The van der Waals surface area contributed by atoms with E-state index >= 15 is 0 Å². The summed E-state index contributed by atoms with van der Waals surface area (Å²) in [5.74, 6) is 0.0132. The van der Waals surface area contributed by atoms with Gasteiger partial charge in [-0.2, -0.15) is 9.97 Å². The highest BCUT2D eigenvalue weighted by atomic mass is 16.8. The summed E-state index contributed by atoms with van der Waals surface area (Å²) in [7, 11) is 3.48. The number of hydrogen-bond acceptors (Lipinski definition) is 10. The molecule has 0 saturated heterocycles. The van der Waals surface area contributed by atoms with E-state index in [1.165, 1.54) is 0 Å². The first-order chi connectivity index (χ1) is 17.2. The topological polar surface area (TPSA) is 130 Å². The molecule has 2 atom stereocenters. The quantitative estimate of drug-likeness (QED) is 0.392. The van der Waals surface area contributed by atoms with Gasteiger partial charge in [-0.3, -0.25) is 9.68 Å². The molecule has 0 amide bonds. The van der Waals surface area contributed by atoms with Crippen LogP contribution >= 0.6 is 0 Å². The van der Waals surface area contributed by atoms with Gasteiger partial charge in [-0.05, 0) is 12.8 Å². The fraction of sp³-hybridized carbons (Fsp3) is 0.583. The molecule has 0 fully saturated rings. The first kappa shape index (κ1) is 25.7. The number of quaternary nitrogens is 2. The van der Waals surface area contributed by atoms with Crippen LogP contribution in [0.1, 0.15) is 63.0 Å². The third-order valence-corrected chi connectivity index (χ3v) is 6.20. The molecule has 12 nitrogen and oxygen atoms in total. The van der Waals surface area contributed by atoms with Crippen molar-refractivity contribution in [2.45, 2.75) is 52.4 Å². The van der Waals surface area contributed by atoms with Crippen LogP contribution in [0.4, 0.5) is 0 Å². The smallest absolute Gasteiger partial charge is 0.334 e. The van der Waals surface area contributed by atoms with Crippen LogP contribution in [0, 0.1) is 0 Å². The Hall–Kier alpha value is -3.38. The zero-order chi connectivity index (χ0) is 25.8. The van der Waals surface area contributed by atoms with Crippen LogP contribution in [-0.4, -0.2) is 81.8 Å². The van der Waals surface area contributed by atoms with Gasteiger partial charge in [0, 0.05) is 25.7 Å². The molecule has 0 spiro atoms. The molecule has 0 N–H and O–H groups in total. The average molecular weight is 503 g/mol.